The van der Waals surface area contributed by atoms with Crippen LogP contribution >= 0.6 is 0 Å². The van der Waals surface area contributed by atoms with Crippen LogP contribution in [0.4, 0.5) is 0 Å². The number of carbonyl (C=O) groups excluding carboxylic acids is 1. The van der Waals surface area contributed by atoms with Gasteiger partial charge in [-0.15, -0.1) is 5.92 Å². The molecule has 0 aromatic heterocycles. The molecule has 0 heterocycles. The summed E-state index contributed by atoms with van der Waals surface area (Å²) in [6.45, 7) is 6.67. The second kappa shape index (κ2) is 7.65. The maximum atomic E-state index is 12.1. The maximum Gasteiger partial charge on any atom is 0.338 e. The Bertz CT molecular complexity index is 681. The Morgan fingerprint density at radius 1 is 1.32 bits per heavy atom. The number of benzene rings is 1. The fourth-order valence-electron chi connectivity index (χ4n) is 5.30. The number of carbonyl (C=O) groups is 1. The molecule has 0 bridgehead atoms. The number of hydrogen-bond donors (Lipinski definition) is 0. The summed E-state index contributed by atoms with van der Waals surface area (Å²) in [5.41, 5.74) is 2.22. The first-order chi connectivity index (χ1) is 12.1. The zero-order valence-corrected chi connectivity index (χ0v) is 15.8. The minimum Gasteiger partial charge on any atom is -0.462 e. The molecule has 3 unspecified atom stereocenters. The van der Waals surface area contributed by atoms with Crippen molar-refractivity contribution in [2.24, 2.45) is 17.3 Å². The van der Waals surface area contributed by atoms with E-state index in [4.69, 9.17) is 4.74 Å². The molecule has 2 aliphatic carbocycles. The predicted octanol–water partition coefficient (Wildman–Crippen LogP) is 5.58. The van der Waals surface area contributed by atoms with E-state index < -0.39 is 0 Å². The lowest BCUT2D eigenvalue weighted by atomic mass is 9.61. The Kier molecular flexibility index (Phi) is 5.52. The van der Waals surface area contributed by atoms with Gasteiger partial charge in [-0.25, -0.2) is 4.79 Å². The number of hydrogen-bond acceptors (Lipinski definition) is 2. The highest BCUT2D eigenvalue weighted by molar-refractivity contribution is 5.89. The molecule has 2 saturated carbocycles. The molecule has 2 aliphatic rings. The Morgan fingerprint density at radius 3 is 2.92 bits per heavy atom. The lowest BCUT2D eigenvalue weighted by molar-refractivity contribution is 0.0526. The fraction of sp³-hybridized carbons (Fsp3) is 0.609. The zero-order chi connectivity index (χ0) is 17.9. The minimum absolute atomic E-state index is 0.215. The van der Waals surface area contributed by atoms with Crippen molar-refractivity contribution in [3.63, 3.8) is 0 Å². The smallest absolute Gasteiger partial charge is 0.338 e. The van der Waals surface area contributed by atoms with Crippen LogP contribution < -0.4 is 0 Å². The van der Waals surface area contributed by atoms with E-state index in [1.54, 1.807) is 0 Å². The molecule has 134 valence electrons. The average molecular weight is 338 g/mol. The lowest BCUT2D eigenvalue weighted by Crippen LogP contribution is -2.34. The molecule has 1 aromatic carbocycles. The molecule has 2 fully saturated rings. The summed E-state index contributed by atoms with van der Waals surface area (Å²) in [6.07, 6.45) is 8.02. The third-order valence-electron chi connectivity index (χ3n) is 6.58. The summed E-state index contributed by atoms with van der Waals surface area (Å²) in [4.78, 5) is 12.1. The largest absolute Gasteiger partial charge is 0.462 e. The van der Waals surface area contributed by atoms with Crippen molar-refractivity contribution in [3.8, 4) is 11.8 Å². The van der Waals surface area contributed by atoms with Crippen molar-refractivity contribution in [2.75, 3.05) is 6.61 Å². The molecule has 0 spiro atoms. The maximum absolute atomic E-state index is 12.1. The molecular weight excluding hydrogens is 308 g/mol. The van der Waals surface area contributed by atoms with Gasteiger partial charge in [0.1, 0.15) is 0 Å². The topological polar surface area (TPSA) is 26.3 Å². The van der Waals surface area contributed by atoms with Crippen LogP contribution in [-0.2, 0) is 4.74 Å². The van der Waals surface area contributed by atoms with Crippen LogP contribution in [0.15, 0.2) is 24.3 Å². The number of ether oxygens (including phenoxy) is 1. The molecule has 2 heteroatoms. The molecule has 0 saturated heterocycles. The van der Waals surface area contributed by atoms with E-state index in [0.717, 1.165) is 5.92 Å². The minimum atomic E-state index is -0.235. The van der Waals surface area contributed by atoms with E-state index in [0.29, 0.717) is 23.5 Å². The molecule has 0 amide bonds. The van der Waals surface area contributed by atoms with E-state index in [1.165, 1.54) is 44.1 Å². The monoisotopic (exact) mass is 338 g/mol. The second-order valence-corrected chi connectivity index (χ2v) is 7.85. The van der Waals surface area contributed by atoms with E-state index in [2.05, 4.69) is 24.8 Å². The highest BCUT2D eigenvalue weighted by Crippen LogP contribution is 2.59. The first kappa shape index (κ1) is 18.1. The van der Waals surface area contributed by atoms with Crippen molar-refractivity contribution in [1.82, 2.24) is 0 Å². The van der Waals surface area contributed by atoms with Gasteiger partial charge in [-0.2, -0.15) is 0 Å². The van der Waals surface area contributed by atoms with E-state index >= 15 is 0 Å². The van der Waals surface area contributed by atoms with Crippen LogP contribution in [0.2, 0.25) is 0 Å². The standard InChI is InChI=1S/C23H30O2/c1-4-9-20(17-10-8-11-18(16-17)22(24)25-5-2)21-14-13-19-12-6-7-15-23(19,21)3/h8,10-11,16,19-21H,5-7,12-15H2,1-3H3/t19?,20-,21?,23?/m1/s1. The van der Waals surface area contributed by atoms with Crippen molar-refractivity contribution >= 4 is 5.97 Å². The highest BCUT2D eigenvalue weighted by atomic mass is 16.5. The molecule has 0 radical (unpaired) electrons. The Labute approximate surface area is 152 Å². The van der Waals surface area contributed by atoms with Gasteiger partial charge in [-0.1, -0.05) is 37.8 Å². The number of rotatable bonds is 4. The molecule has 3 rings (SSSR count). The first-order valence-electron chi connectivity index (χ1n) is 9.79. The van der Waals surface area contributed by atoms with Crippen LogP contribution in [0.5, 0.6) is 0 Å². The third-order valence-corrected chi connectivity index (χ3v) is 6.58. The number of fused-ring (bicyclic) bond motifs is 1. The van der Waals surface area contributed by atoms with E-state index in [9.17, 15) is 4.79 Å². The van der Waals surface area contributed by atoms with Gasteiger partial charge in [0, 0.05) is 5.92 Å². The summed E-state index contributed by atoms with van der Waals surface area (Å²) < 4.78 is 5.18. The summed E-state index contributed by atoms with van der Waals surface area (Å²) >= 11 is 0. The van der Waals surface area contributed by atoms with Gasteiger partial charge in [0.2, 0.25) is 0 Å². The first-order valence-corrected chi connectivity index (χ1v) is 9.79. The summed E-state index contributed by atoms with van der Waals surface area (Å²) in [6, 6.07) is 7.96. The number of esters is 1. The Balaban J connectivity index is 1.93. The van der Waals surface area contributed by atoms with Gasteiger partial charge < -0.3 is 4.74 Å². The Morgan fingerprint density at radius 2 is 2.16 bits per heavy atom. The quantitative estimate of drug-likeness (QED) is 0.529. The van der Waals surface area contributed by atoms with Crippen molar-refractivity contribution < 1.29 is 9.53 Å². The van der Waals surface area contributed by atoms with Crippen LogP contribution in [-0.4, -0.2) is 12.6 Å². The molecule has 2 nitrogen and oxygen atoms in total. The second-order valence-electron chi connectivity index (χ2n) is 7.85. The zero-order valence-electron chi connectivity index (χ0n) is 15.8. The highest BCUT2D eigenvalue weighted by Gasteiger charge is 2.50. The van der Waals surface area contributed by atoms with E-state index in [1.807, 2.05) is 32.0 Å². The molecule has 0 aliphatic heterocycles. The van der Waals surface area contributed by atoms with Gasteiger partial charge in [0.15, 0.2) is 0 Å². The summed E-state index contributed by atoms with van der Waals surface area (Å²) in [7, 11) is 0. The van der Waals surface area contributed by atoms with Crippen LogP contribution in [0.25, 0.3) is 0 Å². The predicted molar refractivity (Wildman–Crippen MR) is 101 cm³/mol. The Hall–Kier alpha value is -1.75. The van der Waals surface area contributed by atoms with Gasteiger partial charge in [-0.05, 0) is 74.5 Å². The van der Waals surface area contributed by atoms with Crippen molar-refractivity contribution in [3.05, 3.63) is 35.4 Å². The fourth-order valence-corrected chi connectivity index (χ4v) is 5.30. The van der Waals surface area contributed by atoms with Gasteiger partial charge in [0.05, 0.1) is 12.2 Å². The van der Waals surface area contributed by atoms with Crippen molar-refractivity contribution in [1.29, 1.82) is 0 Å². The average Bonchev–Trinajstić information content (AvgIpc) is 2.97. The van der Waals surface area contributed by atoms with Gasteiger partial charge in [0.25, 0.3) is 0 Å². The van der Waals surface area contributed by atoms with Gasteiger partial charge >= 0.3 is 5.97 Å². The van der Waals surface area contributed by atoms with Gasteiger partial charge in [-0.3, -0.25) is 0 Å². The third kappa shape index (κ3) is 3.47. The normalized spacial score (nSPS) is 29.2. The van der Waals surface area contributed by atoms with E-state index in [-0.39, 0.29) is 11.9 Å². The van der Waals surface area contributed by atoms with Crippen LogP contribution in [0.1, 0.15) is 81.1 Å². The lowest BCUT2D eigenvalue weighted by Gasteiger charge is -2.43. The molecule has 4 atom stereocenters. The van der Waals surface area contributed by atoms with Crippen molar-refractivity contribution in [2.45, 2.75) is 65.2 Å². The molecular formula is C23H30O2. The molecule has 25 heavy (non-hydrogen) atoms. The van der Waals surface area contributed by atoms with Crippen LogP contribution in [0, 0.1) is 29.1 Å². The summed E-state index contributed by atoms with van der Waals surface area (Å²) in [5, 5.41) is 0. The molecule has 1 aromatic rings. The summed E-state index contributed by atoms with van der Waals surface area (Å²) in [5.74, 6) is 8.07. The van der Waals surface area contributed by atoms with Crippen LogP contribution in [0.3, 0.4) is 0 Å². The molecule has 0 N–H and O–H groups in total. The SMILES string of the molecule is CC#C[C@H](c1cccc(C(=O)OCC)c1)C1CCC2CCCCC21C.